The molecule has 1 aromatic carbocycles. The van der Waals surface area contributed by atoms with Gasteiger partial charge in [-0.1, -0.05) is 12.6 Å². The van der Waals surface area contributed by atoms with E-state index in [0.717, 1.165) is 17.5 Å². The maximum Gasteiger partial charge on any atom is 0.511 e. The Hall–Kier alpha value is -3.70. The lowest BCUT2D eigenvalue weighted by Crippen LogP contribution is -2.52. The van der Waals surface area contributed by atoms with Crippen LogP contribution in [0.15, 0.2) is 35.8 Å². The van der Waals surface area contributed by atoms with Crippen LogP contribution in [0.3, 0.4) is 0 Å². The topological polar surface area (TPSA) is 114 Å². The number of Topliss-reactive ketones (excluding diaryl/α,β-unsaturated/α-hetero) is 1. The van der Waals surface area contributed by atoms with Crippen molar-refractivity contribution < 1.29 is 37.7 Å². The number of ketones is 1. The fraction of sp³-hybridized carbons (Fsp3) is 0.483. The van der Waals surface area contributed by atoms with Gasteiger partial charge < -0.3 is 33.6 Å². The monoisotopic (exact) mass is 558 g/mol. The van der Waals surface area contributed by atoms with Crippen molar-refractivity contribution in [1.29, 1.82) is 0 Å². The summed E-state index contributed by atoms with van der Waals surface area (Å²) in [6.45, 7) is 8.70. The van der Waals surface area contributed by atoms with Crippen LogP contribution in [0.25, 0.3) is 5.70 Å². The average molecular weight is 559 g/mol. The Morgan fingerprint density at radius 3 is 2.83 bits per heavy atom. The number of hydrogen-bond acceptors (Lipinski definition) is 9. The van der Waals surface area contributed by atoms with E-state index in [1.807, 2.05) is 6.92 Å². The molecule has 4 rings (SSSR count). The van der Waals surface area contributed by atoms with Gasteiger partial charge in [0, 0.05) is 45.2 Å². The van der Waals surface area contributed by atoms with Crippen LogP contribution >= 0.6 is 0 Å². The van der Waals surface area contributed by atoms with Gasteiger partial charge in [-0.05, 0) is 49.9 Å². The molecule has 1 aromatic heterocycles. The van der Waals surface area contributed by atoms with Gasteiger partial charge in [0.15, 0.2) is 11.5 Å². The van der Waals surface area contributed by atoms with Crippen molar-refractivity contribution in [1.82, 2.24) is 9.88 Å². The number of methoxy groups -OCH3 is 1. The molecule has 1 fully saturated rings. The molecular formula is C29H35FN2O8. The maximum absolute atomic E-state index is 13.8. The molecule has 0 spiro atoms. The molecular weight excluding hydrogens is 523 g/mol. The molecule has 1 saturated heterocycles. The fourth-order valence-corrected chi connectivity index (χ4v) is 5.03. The molecule has 216 valence electrons. The van der Waals surface area contributed by atoms with Crippen LogP contribution in [0.2, 0.25) is 0 Å². The molecule has 0 saturated carbocycles. The van der Waals surface area contributed by atoms with Crippen LogP contribution in [-0.4, -0.2) is 56.3 Å². The van der Waals surface area contributed by atoms with E-state index in [-0.39, 0.29) is 47.0 Å². The molecule has 0 aliphatic carbocycles. The van der Waals surface area contributed by atoms with E-state index in [1.165, 1.54) is 19.2 Å². The normalized spacial score (nSPS) is 19.8. The highest BCUT2D eigenvalue weighted by molar-refractivity contribution is 6.02. The third-order valence-corrected chi connectivity index (χ3v) is 7.42. The van der Waals surface area contributed by atoms with Gasteiger partial charge in [-0.2, -0.15) is 0 Å². The Morgan fingerprint density at radius 2 is 2.08 bits per heavy atom. The van der Waals surface area contributed by atoms with Crippen molar-refractivity contribution in [2.45, 2.75) is 52.3 Å². The minimum atomic E-state index is -0.971. The summed E-state index contributed by atoms with van der Waals surface area (Å²) < 4.78 is 41.6. The van der Waals surface area contributed by atoms with E-state index in [4.69, 9.17) is 23.7 Å². The number of carbonyl (C=O) groups excluding carboxylic acids is 2. The summed E-state index contributed by atoms with van der Waals surface area (Å²) >= 11 is 0. The van der Waals surface area contributed by atoms with Gasteiger partial charge in [0.2, 0.25) is 12.2 Å². The van der Waals surface area contributed by atoms with Gasteiger partial charge >= 0.3 is 6.16 Å². The van der Waals surface area contributed by atoms with E-state index < -0.39 is 23.8 Å². The van der Waals surface area contributed by atoms with E-state index in [2.05, 4.69) is 11.9 Å². The highest BCUT2D eigenvalue weighted by Crippen LogP contribution is 2.43. The van der Waals surface area contributed by atoms with Gasteiger partial charge in [-0.15, -0.1) is 0 Å². The Bertz CT molecular complexity index is 1340. The lowest BCUT2D eigenvalue weighted by Gasteiger charge is -2.44. The first-order valence-corrected chi connectivity index (χ1v) is 13.2. The summed E-state index contributed by atoms with van der Waals surface area (Å²) in [5, 5.41) is 3.12. The summed E-state index contributed by atoms with van der Waals surface area (Å²) in [4.78, 5) is 39.4. The van der Waals surface area contributed by atoms with Crippen molar-refractivity contribution in [2.24, 2.45) is 5.41 Å². The smallest absolute Gasteiger partial charge is 0.451 e. The number of nitrogens with one attached hydrogen (secondary N) is 1. The largest absolute Gasteiger partial charge is 0.511 e. The van der Waals surface area contributed by atoms with Crippen LogP contribution < -0.4 is 15.5 Å². The van der Waals surface area contributed by atoms with Crippen LogP contribution in [0.1, 0.15) is 53.4 Å². The lowest BCUT2D eigenvalue weighted by atomic mass is 9.71. The number of fused-ring (bicyclic) bond motifs is 2. The molecule has 2 aliphatic heterocycles. The number of rotatable bonds is 11. The van der Waals surface area contributed by atoms with Crippen molar-refractivity contribution in [3.63, 3.8) is 0 Å². The molecule has 0 radical (unpaired) electrons. The molecule has 11 heteroatoms. The van der Waals surface area contributed by atoms with Gasteiger partial charge in [0.1, 0.15) is 11.5 Å². The van der Waals surface area contributed by atoms with E-state index >= 15 is 0 Å². The van der Waals surface area contributed by atoms with Crippen molar-refractivity contribution >= 4 is 17.6 Å². The molecule has 40 heavy (non-hydrogen) atoms. The fourth-order valence-electron chi connectivity index (χ4n) is 5.03. The Kier molecular flexibility index (Phi) is 9.26. The Morgan fingerprint density at radius 1 is 1.27 bits per heavy atom. The Labute approximate surface area is 232 Å². The number of halogens is 1. The van der Waals surface area contributed by atoms with E-state index in [9.17, 15) is 18.8 Å². The zero-order chi connectivity index (χ0) is 28.9. The lowest BCUT2D eigenvalue weighted by molar-refractivity contribution is -0.0743. The molecule has 0 bridgehead atoms. The van der Waals surface area contributed by atoms with Gasteiger partial charge in [0.25, 0.3) is 0 Å². The molecule has 0 unspecified atom stereocenters. The minimum Gasteiger partial charge on any atom is -0.451 e. The summed E-state index contributed by atoms with van der Waals surface area (Å²) in [6.07, 6.45) is 2.05. The molecule has 0 amide bonds. The number of aryl methyl sites for hydroxylation is 1. The van der Waals surface area contributed by atoms with E-state index in [0.29, 0.717) is 39.1 Å². The van der Waals surface area contributed by atoms with Crippen LogP contribution in [0.5, 0.6) is 5.75 Å². The molecule has 1 N–H and O–H groups in total. The first kappa shape index (κ1) is 29.3. The van der Waals surface area contributed by atoms with Gasteiger partial charge in [-0.25, -0.2) is 9.18 Å². The second-order valence-electron chi connectivity index (χ2n) is 10.2. The van der Waals surface area contributed by atoms with Crippen molar-refractivity contribution in [3.8, 4) is 5.75 Å². The van der Waals surface area contributed by atoms with Crippen LogP contribution in [-0.2, 0) is 32.0 Å². The summed E-state index contributed by atoms with van der Waals surface area (Å²) in [5.74, 6) is -0.844. The van der Waals surface area contributed by atoms with Gasteiger partial charge in [-0.3, -0.25) is 9.59 Å². The van der Waals surface area contributed by atoms with Crippen molar-refractivity contribution in [2.75, 3.05) is 33.7 Å². The molecule has 2 aliphatic rings. The second kappa shape index (κ2) is 12.6. The van der Waals surface area contributed by atoms with E-state index in [1.54, 1.807) is 23.8 Å². The number of pyridine rings is 1. The number of benzene rings is 1. The number of nitrogens with zero attached hydrogens (tertiary/aromatic N) is 1. The first-order valence-electron chi connectivity index (χ1n) is 13.2. The molecule has 2 atom stereocenters. The third-order valence-electron chi connectivity index (χ3n) is 7.42. The summed E-state index contributed by atoms with van der Waals surface area (Å²) in [7, 11) is 1.54. The highest BCUT2D eigenvalue weighted by atomic mass is 19.1. The summed E-state index contributed by atoms with van der Waals surface area (Å²) in [5.41, 5.74) is 0.737. The third kappa shape index (κ3) is 6.20. The van der Waals surface area contributed by atoms with Crippen molar-refractivity contribution in [3.05, 3.63) is 69.4 Å². The average Bonchev–Trinajstić information content (AvgIpc) is 2.92. The SMILES string of the molecule is C=C(NCc1ccc(F)cc1C)c1cn2c(c(OCOC(=O)OCCCOC)c1=O)C(=O)[C@@]1(C)CCCO[C@H]1C2. The first-order chi connectivity index (χ1) is 19.2. The number of carbonyl (C=O) groups is 2. The zero-order valence-corrected chi connectivity index (χ0v) is 23.0. The standard InChI is InChI=1S/C29H35FN2O8/c1-18-13-21(30)8-7-20(18)14-31-19(2)22-15-32-16-23-29(3,9-5-11-37-23)27(34)24(32)26(25(22)33)39-17-40-28(35)38-12-6-10-36-4/h7-8,13,15,23,31H,2,5-6,9-12,14,16-17H2,1,3-4H3/t23-,29-/m0/s1. The van der Waals surface area contributed by atoms with Crippen LogP contribution in [0.4, 0.5) is 9.18 Å². The molecule has 10 nitrogen and oxygen atoms in total. The quantitative estimate of drug-likeness (QED) is 0.249. The number of hydrogen-bond donors (Lipinski definition) is 1. The Balaban J connectivity index is 1.59. The summed E-state index contributed by atoms with van der Waals surface area (Å²) in [6, 6.07) is 4.45. The molecule has 2 aromatic rings. The minimum absolute atomic E-state index is 0.0947. The highest BCUT2D eigenvalue weighted by Gasteiger charge is 2.50. The number of ether oxygens (including phenoxy) is 5. The van der Waals surface area contributed by atoms with Gasteiger partial charge in [0.05, 0.1) is 30.2 Å². The van der Waals surface area contributed by atoms with Crippen LogP contribution in [0, 0.1) is 18.2 Å². The predicted octanol–water partition coefficient (Wildman–Crippen LogP) is 3.96. The maximum atomic E-state index is 13.8. The molecule has 3 heterocycles. The number of aromatic nitrogens is 1. The zero-order valence-electron chi connectivity index (χ0n) is 23.0. The predicted molar refractivity (Wildman–Crippen MR) is 144 cm³/mol. The second-order valence-corrected chi connectivity index (χ2v) is 10.2.